The van der Waals surface area contributed by atoms with Crippen molar-refractivity contribution in [2.75, 3.05) is 17.1 Å². The molecule has 0 aliphatic heterocycles. The Kier molecular flexibility index (Phi) is 8.76. The van der Waals surface area contributed by atoms with Gasteiger partial charge in [-0.15, -0.1) is 0 Å². The van der Waals surface area contributed by atoms with E-state index in [0.29, 0.717) is 5.69 Å². The first kappa shape index (κ1) is 26.2. The largest absolute Gasteiger partial charge is 0.352 e. The molecule has 2 amide bonds. The number of aryl methyl sites for hydroxylation is 1. The van der Waals surface area contributed by atoms with Gasteiger partial charge in [-0.05, 0) is 56.0 Å². The van der Waals surface area contributed by atoms with Crippen molar-refractivity contribution in [3.8, 4) is 0 Å². The van der Waals surface area contributed by atoms with Crippen molar-refractivity contribution in [2.24, 2.45) is 0 Å². The first-order chi connectivity index (χ1) is 16.1. The smallest absolute Gasteiger partial charge is 0.244 e. The van der Waals surface area contributed by atoms with Crippen molar-refractivity contribution in [2.45, 2.75) is 58.2 Å². The van der Waals surface area contributed by atoms with E-state index < -0.39 is 28.5 Å². The average Bonchev–Trinajstić information content (AvgIpc) is 3.28. The van der Waals surface area contributed by atoms with Gasteiger partial charge in [0.2, 0.25) is 21.8 Å². The predicted octanol–water partition coefficient (Wildman–Crippen LogP) is 4.00. The summed E-state index contributed by atoms with van der Waals surface area (Å²) in [6.45, 7) is 3.29. The SMILES string of the molecule is Cc1ccccc1N(CC(=O)N(Cc1cccc(Br)c1)C(C)C(=O)NC1CCCC1)S(C)(=O)=O. The molecule has 1 fully saturated rings. The molecule has 0 saturated heterocycles. The van der Waals surface area contributed by atoms with Crippen LogP contribution in [-0.4, -0.2) is 50.0 Å². The monoisotopic (exact) mass is 549 g/mol. The number of hydrogen-bond donors (Lipinski definition) is 1. The van der Waals surface area contributed by atoms with E-state index in [0.717, 1.165) is 51.8 Å². The van der Waals surface area contributed by atoms with Crippen LogP contribution in [0.25, 0.3) is 0 Å². The minimum atomic E-state index is -3.74. The third kappa shape index (κ3) is 6.82. The van der Waals surface area contributed by atoms with E-state index in [-0.39, 0.29) is 18.5 Å². The number of amides is 2. The van der Waals surface area contributed by atoms with Gasteiger partial charge in [0.1, 0.15) is 12.6 Å². The summed E-state index contributed by atoms with van der Waals surface area (Å²) in [7, 11) is -3.74. The number of carbonyl (C=O) groups excluding carboxylic acids is 2. The van der Waals surface area contributed by atoms with Gasteiger partial charge < -0.3 is 10.2 Å². The molecule has 184 valence electrons. The third-order valence-electron chi connectivity index (χ3n) is 6.17. The van der Waals surface area contributed by atoms with Crippen LogP contribution in [0.2, 0.25) is 0 Å². The molecule has 1 N–H and O–H groups in total. The molecule has 34 heavy (non-hydrogen) atoms. The van der Waals surface area contributed by atoms with E-state index in [1.54, 1.807) is 32.0 Å². The van der Waals surface area contributed by atoms with Gasteiger partial charge >= 0.3 is 0 Å². The standard InChI is InChI=1S/C25H32BrN3O4S/c1-18-9-4-7-14-23(18)29(34(3,32)33)17-24(30)28(16-20-10-8-11-21(26)15-20)19(2)25(31)27-22-12-5-6-13-22/h4,7-11,14-15,19,22H,5-6,12-13,16-17H2,1-3H3,(H,27,31). The van der Waals surface area contributed by atoms with Gasteiger partial charge in [-0.25, -0.2) is 8.42 Å². The Morgan fingerprint density at radius 3 is 2.41 bits per heavy atom. The molecule has 3 rings (SSSR count). The van der Waals surface area contributed by atoms with Crippen LogP contribution < -0.4 is 9.62 Å². The van der Waals surface area contributed by atoms with Gasteiger partial charge in [0, 0.05) is 17.1 Å². The fourth-order valence-corrected chi connectivity index (χ4v) is 5.60. The lowest BCUT2D eigenvalue weighted by molar-refractivity contribution is -0.139. The highest BCUT2D eigenvalue weighted by atomic mass is 79.9. The Balaban J connectivity index is 1.89. The first-order valence-corrected chi connectivity index (χ1v) is 14.1. The van der Waals surface area contributed by atoms with Crippen LogP contribution in [0.3, 0.4) is 0 Å². The second kappa shape index (κ2) is 11.4. The molecule has 0 bridgehead atoms. The average molecular weight is 551 g/mol. The van der Waals surface area contributed by atoms with Crippen molar-refractivity contribution in [1.29, 1.82) is 0 Å². The van der Waals surface area contributed by atoms with E-state index in [9.17, 15) is 18.0 Å². The molecule has 0 radical (unpaired) electrons. The summed E-state index contributed by atoms with van der Waals surface area (Å²) in [5.41, 5.74) is 2.03. The summed E-state index contributed by atoms with van der Waals surface area (Å²) in [5, 5.41) is 3.06. The fraction of sp³-hybridized carbons (Fsp3) is 0.440. The highest BCUT2D eigenvalue weighted by molar-refractivity contribution is 9.10. The van der Waals surface area contributed by atoms with Gasteiger partial charge in [0.15, 0.2) is 0 Å². The van der Waals surface area contributed by atoms with Crippen molar-refractivity contribution >= 4 is 43.5 Å². The van der Waals surface area contributed by atoms with Crippen LogP contribution in [0.15, 0.2) is 53.0 Å². The molecule has 1 aliphatic carbocycles. The number of benzene rings is 2. The topological polar surface area (TPSA) is 86.8 Å². The highest BCUT2D eigenvalue weighted by Crippen LogP contribution is 2.23. The van der Waals surface area contributed by atoms with Gasteiger partial charge in [-0.2, -0.15) is 0 Å². The lowest BCUT2D eigenvalue weighted by Gasteiger charge is -2.32. The highest BCUT2D eigenvalue weighted by Gasteiger charge is 2.31. The van der Waals surface area contributed by atoms with Crippen molar-refractivity contribution in [3.63, 3.8) is 0 Å². The van der Waals surface area contributed by atoms with Crippen LogP contribution in [0.4, 0.5) is 5.69 Å². The van der Waals surface area contributed by atoms with Crippen molar-refractivity contribution < 1.29 is 18.0 Å². The number of para-hydroxylation sites is 1. The maximum atomic E-state index is 13.6. The summed E-state index contributed by atoms with van der Waals surface area (Å²) in [6.07, 6.45) is 5.13. The molecule has 9 heteroatoms. The number of halogens is 1. The molecular formula is C25H32BrN3O4S. The Morgan fingerprint density at radius 1 is 1.12 bits per heavy atom. The zero-order chi connectivity index (χ0) is 24.9. The minimum Gasteiger partial charge on any atom is -0.352 e. The van der Waals surface area contributed by atoms with Crippen molar-refractivity contribution in [3.05, 3.63) is 64.1 Å². The van der Waals surface area contributed by atoms with E-state index >= 15 is 0 Å². The van der Waals surface area contributed by atoms with Crippen LogP contribution in [0, 0.1) is 6.92 Å². The summed E-state index contributed by atoms with van der Waals surface area (Å²) >= 11 is 3.45. The quantitative estimate of drug-likeness (QED) is 0.512. The molecule has 0 aromatic heterocycles. The summed E-state index contributed by atoms with van der Waals surface area (Å²) in [4.78, 5) is 28.1. The molecule has 2 aromatic rings. The van der Waals surface area contributed by atoms with E-state index in [1.165, 1.54) is 4.90 Å². The molecular weight excluding hydrogens is 518 g/mol. The van der Waals surface area contributed by atoms with E-state index in [2.05, 4.69) is 21.2 Å². The Morgan fingerprint density at radius 2 is 1.79 bits per heavy atom. The Hall–Kier alpha value is -2.39. The lowest BCUT2D eigenvalue weighted by atomic mass is 10.1. The maximum Gasteiger partial charge on any atom is 0.244 e. The number of nitrogens with zero attached hydrogens (tertiary/aromatic N) is 2. The number of anilines is 1. The first-order valence-electron chi connectivity index (χ1n) is 11.4. The molecule has 0 heterocycles. The molecule has 1 saturated carbocycles. The van der Waals surface area contributed by atoms with Gasteiger partial charge in [-0.3, -0.25) is 13.9 Å². The van der Waals surface area contributed by atoms with Gasteiger partial charge in [-0.1, -0.05) is 59.1 Å². The number of sulfonamides is 1. The minimum absolute atomic E-state index is 0.122. The molecule has 0 spiro atoms. The molecule has 2 aromatic carbocycles. The second-order valence-corrected chi connectivity index (χ2v) is 11.7. The maximum absolute atomic E-state index is 13.6. The lowest BCUT2D eigenvalue weighted by Crippen LogP contribution is -2.52. The third-order valence-corrected chi connectivity index (χ3v) is 7.79. The van der Waals surface area contributed by atoms with Gasteiger partial charge in [0.05, 0.1) is 11.9 Å². The number of rotatable bonds is 9. The Labute approximate surface area is 210 Å². The van der Waals surface area contributed by atoms with Crippen LogP contribution >= 0.6 is 15.9 Å². The molecule has 1 aliphatic rings. The van der Waals surface area contributed by atoms with Crippen LogP contribution in [0.1, 0.15) is 43.7 Å². The molecule has 1 atom stereocenters. The summed E-state index contributed by atoms with van der Waals surface area (Å²) < 4.78 is 27.3. The molecule has 7 nitrogen and oxygen atoms in total. The number of hydrogen-bond acceptors (Lipinski definition) is 4. The van der Waals surface area contributed by atoms with E-state index in [4.69, 9.17) is 0 Å². The zero-order valence-electron chi connectivity index (χ0n) is 19.8. The fourth-order valence-electron chi connectivity index (χ4n) is 4.24. The normalized spacial score (nSPS) is 15.1. The number of carbonyl (C=O) groups is 2. The zero-order valence-corrected chi connectivity index (χ0v) is 22.2. The predicted molar refractivity (Wildman–Crippen MR) is 138 cm³/mol. The van der Waals surface area contributed by atoms with Crippen LogP contribution in [0.5, 0.6) is 0 Å². The Bertz CT molecular complexity index is 1130. The van der Waals surface area contributed by atoms with Crippen molar-refractivity contribution in [1.82, 2.24) is 10.2 Å². The van der Waals surface area contributed by atoms with E-state index in [1.807, 2.05) is 30.3 Å². The molecule has 1 unspecified atom stereocenters. The van der Waals surface area contributed by atoms with Crippen LogP contribution in [-0.2, 0) is 26.2 Å². The second-order valence-electron chi connectivity index (χ2n) is 8.87. The summed E-state index contributed by atoms with van der Waals surface area (Å²) in [6, 6.07) is 13.9. The summed E-state index contributed by atoms with van der Waals surface area (Å²) in [5.74, 6) is -0.667. The number of nitrogens with one attached hydrogen (secondary N) is 1. The van der Waals surface area contributed by atoms with Gasteiger partial charge in [0.25, 0.3) is 0 Å².